The lowest BCUT2D eigenvalue weighted by Crippen LogP contribution is -2.25. The van der Waals surface area contributed by atoms with Gasteiger partial charge >= 0.3 is 0 Å². The summed E-state index contributed by atoms with van der Waals surface area (Å²) in [7, 11) is 0. The van der Waals surface area contributed by atoms with Crippen molar-refractivity contribution < 1.29 is 14.0 Å². The molecular formula is C22H27FN2O2S. The number of carbonyl (C=O) groups is 2. The molecule has 1 atom stereocenters. The summed E-state index contributed by atoms with van der Waals surface area (Å²) in [6.45, 7) is 7.95. The van der Waals surface area contributed by atoms with Crippen LogP contribution in [0.2, 0.25) is 0 Å². The van der Waals surface area contributed by atoms with E-state index >= 15 is 0 Å². The second-order valence-electron chi connectivity index (χ2n) is 7.80. The number of anilines is 2. The van der Waals surface area contributed by atoms with Crippen LogP contribution in [-0.2, 0) is 9.59 Å². The van der Waals surface area contributed by atoms with Crippen molar-refractivity contribution in [3.8, 4) is 0 Å². The number of halogens is 1. The molecule has 0 spiro atoms. The molecule has 0 saturated carbocycles. The zero-order valence-electron chi connectivity index (χ0n) is 16.7. The highest BCUT2D eigenvalue weighted by molar-refractivity contribution is 8.00. The van der Waals surface area contributed by atoms with Gasteiger partial charge < -0.3 is 10.6 Å². The quantitative estimate of drug-likeness (QED) is 0.583. The Morgan fingerprint density at radius 3 is 2.43 bits per heavy atom. The predicted octanol–water partition coefficient (Wildman–Crippen LogP) is 5.71. The number of hydrogen-bond donors (Lipinski definition) is 2. The van der Waals surface area contributed by atoms with Gasteiger partial charge in [0.05, 0.1) is 10.9 Å². The van der Waals surface area contributed by atoms with Gasteiger partial charge in [0.1, 0.15) is 5.82 Å². The fraction of sp³-hybridized carbons (Fsp3) is 0.364. The topological polar surface area (TPSA) is 58.2 Å². The van der Waals surface area contributed by atoms with Crippen LogP contribution in [0.3, 0.4) is 0 Å². The van der Waals surface area contributed by atoms with Gasteiger partial charge in [-0.3, -0.25) is 9.59 Å². The molecule has 6 heteroatoms. The van der Waals surface area contributed by atoms with Gasteiger partial charge in [0.15, 0.2) is 0 Å². The third-order valence-corrected chi connectivity index (χ3v) is 5.24. The van der Waals surface area contributed by atoms with E-state index in [-0.39, 0.29) is 28.2 Å². The molecule has 150 valence electrons. The molecule has 0 aliphatic heterocycles. The smallest absolute Gasteiger partial charge is 0.237 e. The van der Waals surface area contributed by atoms with Crippen molar-refractivity contribution in [2.45, 2.75) is 50.7 Å². The Hall–Kier alpha value is -2.34. The first kappa shape index (κ1) is 22.0. The van der Waals surface area contributed by atoms with E-state index in [2.05, 4.69) is 10.6 Å². The largest absolute Gasteiger partial charge is 0.326 e. The second kappa shape index (κ2) is 9.73. The summed E-state index contributed by atoms with van der Waals surface area (Å²) in [5, 5.41) is 5.18. The van der Waals surface area contributed by atoms with E-state index < -0.39 is 5.82 Å². The van der Waals surface area contributed by atoms with Crippen molar-refractivity contribution in [2.24, 2.45) is 5.41 Å². The highest BCUT2D eigenvalue weighted by Gasteiger charge is 2.20. The molecular weight excluding hydrogens is 375 g/mol. The molecule has 0 aromatic heterocycles. The highest BCUT2D eigenvalue weighted by atomic mass is 32.2. The van der Waals surface area contributed by atoms with Crippen molar-refractivity contribution in [3.05, 3.63) is 54.3 Å². The molecule has 0 aliphatic carbocycles. The molecule has 28 heavy (non-hydrogen) atoms. The van der Waals surface area contributed by atoms with Crippen LogP contribution in [0, 0.1) is 11.2 Å². The van der Waals surface area contributed by atoms with Crippen molar-refractivity contribution in [1.82, 2.24) is 0 Å². The van der Waals surface area contributed by atoms with Gasteiger partial charge in [0, 0.05) is 17.0 Å². The van der Waals surface area contributed by atoms with Crippen LogP contribution in [0.4, 0.5) is 15.8 Å². The van der Waals surface area contributed by atoms with E-state index in [4.69, 9.17) is 0 Å². The summed E-state index contributed by atoms with van der Waals surface area (Å²) in [6.07, 6.45) is 1.01. The normalized spacial score (nSPS) is 12.3. The maximum Gasteiger partial charge on any atom is 0.237 e. The third-order valence-electron chi connectivity index (χ3n) is 3.88. The summed E-state index contributed by atoms with van der Waals surface area (Å²) < 4.78 is 13.8. The number of carbonyl (C=O) groups excluding carboxylic acids is 2. The summed E-state index contributed by atoms with van der Waals surface area (Å²) in [5.41, 5.74) is 0.785. The van der Waals surface area contributed by atoms with Crippen molar-refractivity contribution in [2.75, 3.05) is 10.6 Å². The van der Waals surface area contributed by atoms with E-state index in [1.807, 2.05) is 52.0 Å². The fourth-order valence-electron chi connectivity index (χ4n) is 2.60. The Kier molecular flexibility index (Phi) is 7.63. The summed E-state index contributed by atoms with van der Waals surface area (Å²) >= 11 is 1.39. The van der Waals surface area contributed by atoms with Crippen LogP contribution in [0.1, 0.15) is 40.5 Å². The average Bonchev–Trinajstić information content (AvgIpc) is 2.60. The molecule has 2 N–H and O–H groups in total. The summed E-state index contributed by atoms with van der Waals surface area (Å²) in [4.78, 5) is 25.6. The number of rotatable bonds is 7. The van der Waals surface area contributed by atoms with Crippen LogP contribution in [0.15, 0.2) is 53.4 Å². The predicted molar refractivity (Wildman–Crippen MR) is 114 cm³/mol. The zero-order chi connectivity index (χ0) is 20.7. The average molecular weight is 403 g/mol. The van der Waals surface area contributed by atoms with Gasteiger partial charge in [-0.1, -0.05) is 45.9 Å². The number of para-hydroxylation sites is 1. The standard InChI is InChI=1S/C22H27FN2O2S/c1-5-19(21(27)25-18-12-7-6-11-17(18)23)28-16-10-8-9-15(13-16)24-20(26)14-22(2,3)4/h6-13,19H,5,14H2,1-4H3,(H,24,26)(H,25,27). The number of nitrogens with one attached hydrogen (secondary N) is 2. The van der Waals surface area contributed by atoms with Crippen molar-refractivity contribution in [1.29, 1.82) is 0 Å². The molecule has 2 rings (SSSR count). The van der Waals surface area contributed by atoms with Gasteiger partial charge in [0.25, 0.3) is 0 Å². The minimum absolute atomic E-state index is 0.0426. The lowest BCUT2D eigenvalue weighted by Gasteiger charge is -2.18. The molecule has 0 saturated heterocycles. The zero-order valence-corrected chi connectivity index (χ0v) is 17.5. The van der Waals surface area contributed by atoms with Gasteiger partial charge in [0.2, 0.25) is 11.8 Å². The van der Waals surface area contributed by atoms with Crippen molar-refractivity contribution in [3.63, 3.8) is 0 Å². The van der Waals surface area contributed by atoms with Crippen LogP contribution >= 0.6 is 11.8 Å². The molecule has 0 aliphatic rings. The Balaban J connectivity index is 2.03. The van der Waals surface area contributed by atoms with E-state index in [0.717, 1.165) is 4.90 Å². The third kappa shape index (κ3) is 7.00. The molecule has 2 aromatic rings. The fourth-order valence-corrected chi connectivity index (χ4v) is 3.61. The van der Waals surface area contributed by atoms with Crippen LogP contribution in [-0.4, -0.2) is 17.1 Å². The van der Waals surface area contributed by atoms with Gasteiger partial charge in [-0.2, -0.15) is 0 Å². The van der Waals surface area contributed by atoms with E-state index in [1.165, 1.54) is 23.9 Å². The molecule has 2 aromatic carbocycles. The highest BCUT2D eigenvalue weighted by Crippen LogP contribution is 2.29. The molecule has 0 fully saturated rings. The Morgan fingerprint density at radius 1 is 1.07 bits per heavy atom. The van der Waals surface area contributed by atoms with Crippen LogP contribution in [0.5, 0.6) is 0 Å². The molecule has 0 heterocycles. The van der Waals surface area contributed by atoms with Gasteiger partial charge in [-0.05, 0) is 42.2 Å². The van der Waals surface area contributed by atoms with Gasteiger partial charge in [-0.25, -0.2) is 4.39 Å². The van der Waals surface area contributed by atoms with E-state index in [1.54, 1.807) is 12.1 Å². The van der Waals surface area contributed by atoms with E-state index in [0.29, 0.717) is 18.5 Å². The maximum absolute atomic E-state index is 13.8. The molecule has 4 nitrogen and oxygen atoms in total. The molecule has 2 amide bonds. The first-order valence-electron chi connectivity index (χ1n) is 9.30. The van der Waals surface area contributed by atoms with Crippen LogP contribution < -0.4 is 10.6 Å². The Morgan fingerprint density at radius 2 is 1.79 bits per heavy atom. The van der Waals surface area contributed by atoms with Crippen LogP contribution in [0.25, 0.3) is 0 Å². The van der Waals surface area contributed by atoms with E-state index in [9.17, 15) is 14.0 Å². The number of benzene rings is 2. The minimum Gasteiger partial charge on any atom is -0.326 e. The summed E-state index contributed by atoms with van der Waals surface area (Å²) in [6, 6.07) is 13.5. The lowest BCUT2D eigenvalue weighted by molar-refractivity contribution is -0.118. The number of thioether (sulfide) groups is 1. The Bertz CT molecular complexity index is 833. The van der Waals surface area contributed by atoms with Crippen molar-refractivity contribution >= 4 is 35.0 Å². The first-order valence-corrected chi connectivity index (χ1v) is 10.2. The molecule has 0 radical (unpaired) electrons. The number of hydrogen-bond acceptors (Lipinski definition) is 3. The second-order valence-corrected chi connectivity index (χ2v) is 9.07. The SMILES string of the molecule is CCC(Sc1cccc(NC(=O)CC(C)(C)C)c1)C(=O)Nc1ccccc1F. The first-order chi connectivity index (χ1) is 13.2. The lowest BCUT2D eigenvalue weighted by atomic mass is 9.92. The monoisotopic (exact) mass is 402 g/mol. The van der Waals surface area contributed by atoms with Gasteiger partial charge in [-0.15, -0.1) is 11.8 Å². The maximum atomic E-state index is 13.8. The number of amides is 2. The minimum atomic E-state index is -0.459. The Labute approximate surface area is 170 Å². The molecule has 0 bridgehead atoms. The molecule has 1 unspecified atom stereocenters. The summed E-state index contributed by atoms with van der Waals surface area (Å²) in [5.74, 6) is -0.752.